The van der Waals surface area contributed by atoms with Gasteiger partial charge >= 0.3 is 0 Å². The van der Waals surface area contributed by atoms with Gasteiger partial charge in [-0.25, -0.2) is 0 Å². The molecule has 66 valence electrons. The molecule has 0 fully saturated rings. The predicted molar refractivity (Wildman–Crippen MR) is 52.7 cm³/mol. The van der Waals surface area contributed by atoms with E-state index in [9.17, 15) is 4.91 Å². The molecule has 0 heterocycles. The number of hydrogen-bond acceptors (Lipinski definition) is 2. The van der Waals surface area contributed by atoms with E-state index >= 15 is 0 Å². The second kappa shape index (κ2) is 6.53. The SMILES string of the molecule is CC(C)=CC/C=C(C)/C=C/N=O. The van der Waals surface area contributed by atoms with Gasteiger partial charge < -0.3 is 0 Å². The molecule has 0 spiro atoms. The van der Waals surface area contributed by atoms with Gasteiger partial charge in [0.1, 0.15) is 0 Å². The van der Waals surface area contributed by atoms with Crippen molar-refractivity contribution >= 4 is 0 Å². The van der Waals surface area contributed by atoms with E-state index in [1.807, 2.05) is 6.92 Å². The highest BCUT2D eigenvalue weighted by Gasteiger charge is 1.80. The quantitative estimate of drug-likeness (QED) is 0.355. The second-order valence-electron chi connectivity index (χ2n) is 2.89. The summed E-state index contributed by atoms with van der Waals surface area (Å²) in [5, 5.41) is 2.63. The first-order chi connectivity index (χ1) is 5.66. The minimum absolute atomic E-state index is 0.914. The Bertz CT molecular complexity index is 220. The van der Waals surface area contributed by atoms with Gasteiger partial charge in [-0.3, -0.25) is 0 Å². The van der Waals surface area contributed by atoms with E-state index in [-0.39, 0.29) is 0 Å². The van der Waals surface area contributed by atoms with Crippen molar-refractivity contribution in [2.75, 3.05) is 0 Å². The van der Waals surface area contributed by atoms with Crippen LogP contribution in [0.3, 0.4) is 0 Å². The van der Waals surface area contributed by atoms with Crippen molar-refractivity contribution in [2.24, 2.45) is 5.18 Å². The van der Waals surface area contributed by atoms with Crippen molar-refractivity contribution < 1.29 is 0 Å². The zero-order valence-electron chi connectivity index (χ0n) is 7.87. The molecule has 0 amide bonds. The largest absolute Gasteiger partial charge is 0.145 e. The summed E-state index contributed by atoms with van der Waals surface area (Å²) in [7, 11) is 0. The van der Waals surface area contributed by atoms with E-state index in [0.29, 0.717) is 0 Å². The zero-order valence-corrected chi connectivity index (χ0v) is 7.87. The van der Waals surface area contributed by atoms with Crippen LogP contribution in [0, 0.1) is 4.91 Å². The Morgan fingerprint density at radius 1 is 1.25 bits per heavy atom. The predicted octanol–water partition coefficient (Wildman–Crippen LogP) is 3.57. The summed E-state index contributed by atoms with van der Waals surface area (Å²) in [4.78, 5) is 9.72. The molecule has 0 unspecified atom stereocenters. The molecular formula is C10H15NO. The summed E-state index contributed by atoms with van der Waals surface area (Å²) in [6.07, 6.45) is 8.05. The average molecular weight is 165 g/mol. The van der Waals surface area contributed by atoms with E-state index in [1.165, 1.54) is 11.8 Å². The van der Waals surface area contributed by atoms with Crippen molar-refractivity contribution in [2.45, 2.75) is 27.2 Å². The monoisotopic (exact) mass is 165 g/mol. The van der Waals surface area contributed by atoms with Gasteiger partial charge in [-0.2, -0.15) is 0 Å². The lowest BCUT2D eigenvalue weighted by Gasteiger charge is -1.89. The number of nitroso groups, excluding NO2 is 1. The van der Waals surface area contributed by atoms with Crippen LogP contribution >= 0.6 is 0 Å². The number of allylic oxidation sites excluding steroid dienone is 5. The topological polar surface area (TPSA) is 29.4 Å². The summed E-state index contributed by atoms with van der Waals surface area (Å²) in [6, 6.07) is 0. The van der Waals surface area contributed by atoms with Gasteiger partial charge in [-0.15, -0.1) is 4.91 Å². The van der Waals surface area contributed by atoms with E-state index < -0.39 is 0 Å². The molecule has 0 aliphatic heterocycles. The standard InChI is InChI=1S/C10H15NO/c1-9(2)5-4-6-10(3)7-8-11-12/h5-8H,4H2,1-3H3/b8-7+,10-6+. The van der Waals surface area contributed by atoms with Crippen LogP contribution in [0.25, 0.3) is 0 Å². The van der Waals surface area contributed by atoms with Crippen molar-refractivity contribution in [3.63, 3.8) is 0 Å². The van der Waals surface area contributed by atoms with Crippen LogP contribution in [0.2, 0.25) is 0 Å². The van der Waals surface area contributed by atoms with Gasteiger partial charge in [0, 0.05) is 0 Å². The Morgan fingerprint density at radius 2 is 1.92 bits per heavy atom. The Balaban J connectivity index is 3.92. The lowest BCUT2D eigenvalue weighted by molar-refractivity contribution is 1.25. The lowest BCUT2D eigenvalue weighted by atomic mass is 10.2. The van der Waals surface area contributed by atoms with Crippen molar-refractivity contribution in [1.82, 2.24) is 0 Å². The second-order valence-corrected chi connectivity index (χ2v) is 2.89. The van der Waals surface area contributed by atoms with Gasteiger partial charge in [0.25, 0.3) is 0 Å². The number of hydrogen-bond donors (Lipinski definition) is 0. The summed E-state index contributed by atoms with van der Waals surface area (Å²) in [5.41, 5.74) is 2.36. The highest BCUT2D eigenvalue weighted by molar-refractivity contribution is 5.17. The normalized spacial score (nSPS) is 11.8. The minimum atomic E-state index is 0.914. The van der Waals surface area contributed by atoms with Crippen molar-refractivity contribution in [3.05, 3.63) is 40.5 Å². The summed E-state index contributed by atoms with van der Waals surface area (Å²) in [6.45, 7) is 6.07. The van der Waals surface area contributed by atoms with Gasteiger partial charge in [0.05, 0.1) is 6.20 Å². The Hall–Kier alpha value is -1.18. The van der Waals surface area contributed by atoms with Crippen LogP contribution in [0.1, 0.15) is 27.2 Å². The molecule has 12 heavy (non-hydrogen) atoms. The van der Waals surface area contributed by atoms with Gasteiger partial charge in [-0.1, -0.05) is 23.3 Å². The summed E-state index contributed by atoms with van der Waals surface area (Å²) in [5.74, 6) is 0. The Kier molecular flexibility index (Phi) is 5.88. The van der Waals surface area contributed by atoms with Crippen LogP contribution in [-0.2, 0) is 0 Å². The molecule has 0 aromatic rings. The van der Waals surface area contributed by atoms with E-state index in [0.717, 1.165) is 12.0 Å². The molecule has 0 aromatic carbocycles. The van der Waals surface area contributed by atoms with Crippen LogP contribution in [0.5, 0.6) is 0 Å². The van der Waals surface area contributed by atoms with Crippen LogP contribution in [0.4, 0.5) is 0 Å². The van der Waals surface area contributed by atoms with Gasteiger partial charge in [0.2, 0.25) is 0 Å². The van der Waals surface area contributed by atoms with Crippen LogP contribution in [-0.4, -0.2) is 0 Å². The third kappa shape index (κ3) is 6.93. The molecule has 0 N–H and O–H groups in total. The van der Waals surface area contributed by atoms with Gasteiger partial charge in [-0.05, 0) is 38.4 Å². The first-order valence-electron chi connectivity index (χ1n) is 3.96. The fraction of sp³-hybridized carbons (Fsp3) is 0.400. The maximum absolute atomic E-state index is 9.72. The van der Waals surface area contributed by atoms with Crippen LogP contribution in [0.15, 0.2) is 40.8 Å². The molecular weight excluding hydrogens is 150 g/mol. The van der Waals surface area contributed by atoms with Crippen molar-refractivity contribution in [1.29, 1.82) is 0 Å². The molecule has 0 bridgehead atoms. The molecule has 0 rings (SSSR count). The molecule has 2 heteroatoms. The molecule has 0 aromatic heterocycles. The molecule has 0 aliphatic carbocycles. The fourth-order valence-electron chi connectivity index (χ4n) is 0.697. The third-order valence-electron chi connectivity index (χ3n) is 1.36. The zero-order chi connectivity index (χ0) is 9.40. The maximum atomic E-state index is 9.72. The van der Waals surface area contributed by atoms with Crippen LogP contribution < -0.4 is 0 Å². The Morgan fingerprint density at radius 3 is 2.42 bits per heavy atom. The van der Waals surface area contributed by atoms with Gasteiger partial charge in [0.15, 0.2) is 0 Å². The van der Waals surface area contributed by atoms with E-state index in [4.69, 9.17) is 0 Å². The molecule has 0 radical (unpaired) electrons. The summed E-state index contributed by atoms with van der Waals surface area (Å²) >= 11 is 0. The van der Waals surface area contributed by atoms with E-state index in [1.54, 1.807) is 6.08 Å². The minimum Gasteiger partial charge on any atom is -0.145 e. The smallest absolute Gasteiger partial charge is 0.0717 e. The molecule has 0 saturated carbocycles. The highest BCUT2D eigenvalue weighted by atomic mass is 16.2. The fourth-order valence-corrected chi connectivity index (χ4v) is 0.697. The molecule has 0 aliphatic rings. The maximum Gasteiger partial charge on any atom is 0.0717 e. The van der Waals surface area contributed by atoms with E-state index in [2.05, 4.69) is 31.2 Å². The number of rotatable bonds is 4. The lowest BCUT2D eigenvalue weighted by Crippen LogP contribution is -1.69. The number of nitrogens with zero attached hydrogens (tertiary/aromatic N) is 1. The average Bonchev–Trinajstić information content (AvgIpc) is 2.00. The van der Waals surface area contributed by atoms with Crippen molar-refractivity contribution in [3.8, 4) is 0 Å². The first-order valence-corrected chi connectivity index (χ1v) is 3.96. The molecule has 0 atom stereocenters. The molecule has 0 saturated heterocycles. The third-order valence-corrected chi connectivity index (χ3v) is 1.36. The molecule has 2 nitrogen and oxygen atoms in total. The first kappa shape index (κ1) is 10.8. The highest BCUT2D eigenvalue weighted by Crippen LogP contribution is 2.00. The summed E-state index contributed by atoms with van der Waals surface area (Å²) < 4.78 is 0. The Labute approximate surface area is 73.6 Å².